The molecule has 2 nitrogen and oxygen atoms in total. The minimum atomic E-state index is 1.05. The first kappa shape index (κ1) is 5.60. The average molecular weight is 112 g/mol. The second-order valence-electron chi connectivity index (χ2n) is 2.13. The van der Waals surface area contributed by atoms with Gasteiger partial charge in [0.1, 0.15) is 0 Å². The van der Waals surface area contributed by atoms with Gasteiger partial charge in [-0.3, -0.25) is 5.01 Å². The average Bonchev–Trinajstić information content (AvgIpc) is 2.14. The van der Waals surface area contributed by atoms with Crippen LogP contribution in [0, 0.1) is 0 Å². The third-order valence-electron chi connectivity index (χ3n) is 1.41. The quantitative estimate of drug-likeness (QED) is 0.495. The van der Waals surface area contributed by atoms with Crippen molar-refractivity contribution in [3.63, 3.8) is 0 Å². The van der Waals surface area contributed by atoms with Gasteiger partial charge in [0.25, 0.3) is 0 Å². The van der Waals surface area contributed by atoms with Crippen LogP contribution in [0.4, 0.5) is 0 Å². The summed E-state index contributed by atoms with van der Waals surface area (Å²) in [6, 6.07) is 0. The highest BCUT2D eigenvalue weighted by Crippen LogP contribution is 2.03. The van der Waals surface area contributed by atoms with E-state index < -0.39 is 0 Å². The van der Waals surface area contributed by atoms with E-state index >= 15 is 0 Å². The summed E-state index contributed by atoms with van der Waals surface area (Å²) < 4.78 is 0. The van der Waals surface area contributed by atoms with E-state index in [4.69, 9.17) is 0 Å². The van der Waals surface area contributed by atoms with E-state index in [0.29, 0.717) is 0 Å². The predicted molar refractivity (Wildman–Crippen MR) is 35.0 cm³/mol. The molecule has 0 spiro atoms. The molecule has 0 unspecified atom stereocenters. The number of hydrogen-bond donors (Lipinski definition) is 0. The summed E-state index contributed by atoms with van der Waals surface area (Å²) in [4.78, 5) is 0. The summed E-state index contributed by atoms with van der Waals surface area (Å²) in [6.07, 6.45) is 1.16. The topological polar surface area (TPSA) is 15.6 Å². The van der Waals surface area contributed by atoms with E-state index in [9.17, 15) is 0 Å². The summed E-state index contributed by atoms with van der Waals surface area (Å²) >= 11 is 0. The molecule has 0 radical (unpaired) electrons. The Labute approximate surface area is 50.2 Å². The van der Waals surface area contributed by atoms with Crippen LogP contribution in [0.1, 0.15) is 20.3 Å². The molecule has 0 N–H and O–H groups in total. The van der Waals surface area contributed by atoms with Crippen LogP contribution >= 0.6 is 0 Å². The molecule has 1 aliphatic heterocycles. The standard InChI is InChI=1S/C6H12N2/c1-3-8-5-4-6(2)7-8/h3-5H2,1-2H3. The molecule has 0 fully saturated rings. The Balaban J connectivity index is 2.41. The van der Waals surface area contributed by atoms with Gasteiger partial charge in [-0.05, 0) is 13.8 Å². The van der Waals surface area contributed by atoms with Crippen molar-refractivity contribution >= 4 is 5.71 Å². The maximum atomic E-state index is 4.26. The van der Waals surface area contributed by atoms with Gasteiger partial charge in [0.15, 0.2) is 0 Å². The highest BCUT2D eigenvalue weighted by atomic mass is 15.5. The molecule has 2 heteroatoms. The Kier molecular flexibility index (Phi) is 1.51. The van der Waals surface area contributed by atoms with E-state index in [1.165, 1.54) is 5.71 Å². The van der Waals surface area contributed by atoms with Gasteiger partial charge in [-0.2, -0.15) is 5.10 Å². The minimum Gasteiger partial charge on any atom is -0.297 e. The van der Waals surface area contributed by atoms with Gasteiger partial charge in [-0.25, -0.2) is 0 Å². The van der Waals surface area contributed by atoms with Gasteiger partial charge in [0.2, 0.25) is 0 Å². The second kappa shape index (κ2) is 2.16. The van der Waals surface area contributed by atoms with Gasteiger partial charge in [0.05, 0.1) is 0 Å². The Morgan fingerprint density at radius 3 is 2.75 bits per heavy atom. The molecule has 1 rings (SSSR count). The molecule has 0 aromatic carbocycles. The molecule has 0 aromatic rings. The summed E-state index contributed by atoms with van der Waals surface area (Å²) in [5.41, 5.74) is 1.27. The van der Waals surface area contributed by atoms with E-state index in [0.717, 1.165) is 19.5 Å². The molecule has 1 aliphatic rings. The van der Waals surface area contributed by atoms with Crippen molar-refractivity contribution in [3.8, 4) is 0 Å². The molecular formula is C6H12N2. The first-order chi connectivity index (χ1) is 3.83. The van der Waals surface area contributed by atoms with Crippen LogP contribution in [0.25, 0.3) is 0 Å². The SMILES string of the molecule is CCN1CCC(C)=N1. The van der Waals surface area contributed by atoms with Gasteiger partial charge in [-0.15, -0.1) is 0 Å². The smallest absolute Gasteiger partial charge is 0.0412 e. The third kappa shape index (κ3) is 0.997. The third-order valence-corrected chi connectivity index (χ3v) is 1.41. The molecule has 0 bridgehead atoms. The van der Waals surface area contributed by atoms with Crippen molar-refractivity contribution < 1.29 is 0 Å². The fraction of sp³-hybridized carbons (Fsp3) is 0.833. The van der Waals surface area contributed by atoms with Crippen LogP contribution in [0.15, 0.2) is 5.10 Å². The highest BCUT2D eigenvalue weighted by molar-refractivity contribution is 5.82. The second-order valence-corrected chi connectivity index (χ2v) is 2.13. The fourth-order valence-electron chi connectivity index (χ4n) is 0.861. The van der Waals surface area contributed by atoms with Crippen LogP contribution in [-0.4, -0.2) is 23.8 Å². The monoisotopic (exact) mass is 112 g/mol. The van der Waals surface area contributed by atoms with Crippen molar-refractivity contribution in [2.75, 3.05) is 13.1 Å². The van der Waals surface area contributed by atoms with E-state index in [2.05, 4.69) is 24.0 Å². The number of rotatable bonds is 1. The van der Waals surface area contributed by atoms with Crippen LogP contribution in [0.3, 0.4) is 0 Å². The molecule has 0 aromatic heterocycles. The van der Waals surface area contributed by atoms with Crippen LogP contribution in [0.5, 0.6) is 0 Å². The Morgan fingerprint density at radius 2 is 2.50 bits per heavy atom. The van der Waals surface area contributed by atoms with Crippen molar-refractivity contribution in [2.45, 2.75) is 20.3 Å². The minimum absolute atomic E-state index is 1.05. The lowest BCUT2D eigenvalue weighted by Crippen LogP contribution is -2.11. The zero-order chi connectivity index (χ0) is 5.98. The Morgan fingerprint density at radius 1 is 1.75 bits per heavy atom. The normalized spacial score (nSPS) is 19.2. The summed E-state index contributed by atoms with van der Waals surface area (Å²) in [7, 11) is 0. The molecule has 46 valence electrons. The largest absolute Gasteiger partial charge is 0.297 e. The lowest BCUT2D eigenvalue weighted by molar-refractivity contribution is 0.336. The van der Waals surface area contributed by atoms with Gasteiger partial charge < -0.3 is 0 Å². The fourth-order valence-corrected chi connectivity index (χ4v) is 0.861. The molecular weight excluding hydrogens is 100 g/mol. The lowest BCUT2D eigenvalue weighted by Gasteiger charge is -2.07. The number of hydrogen-bond acceptors (Lipinski definition) is 2. The zero-order valence-electron chi connectivity index (χ0n) is 5.52. The number of hydrazone groups is 1. The zero-order valence-corrected chi connectivity index (χ0v) is 5.52. The maximum absolute atomic E-state index is 4.26. The van der Waals surface area contributed by atoms with E-state index in [1.54, 1.807) is 0 Å². The van der Waals surface area contributed by atoms with Crippen molar-refractivity contribution in [3.05, 3.63) is 0 Å². The molecule has 0 saturated carbocycles. The van der Waals surface area contributed by atoms with E-state index in [-0.39, 0.29) is 0 Å². The van der Waals surface area contributed by atoms with Crippen LogP contribution in [0.2, 0.25) is 0 Å². The first-order valence-electron chi connectivity index (χ1n) is 3.12. The van der Waals surface area contributed by atoms with Crippen molar-refractivity contribution in [1.29, 1.82) is 0 Å². The van der Waals surface area contributed by atoms with Crippen LogP contribution < -0.4 is 0 Å². The predicted octanol–water partition coefficient (Wildman–Crippen LogP) is 1.09. The number of nitrogens with zero attached hydrogens (tertiary/aromatic N) is 2. The Hall–Kier alpha value is -0.530. The van der Waals surface area contributed by atoms with Crippen molar-refractivity contribution in [1.82, 2.24) is 5.01 Å². The van der Waals surface area contributed by atoms with Gasteiger partial charge >= 0.3 is 0 Å². The summed E-state index contributed by atoms with van der Waals surface area (Å²) in [5.74, 6) is 0. The highest BCUT2D eigenvalue weighted by Gasteiger charge is 2.06. The molecule has 8 heavy (non-hydrogen) atoms. The molecule has 0 saturated heterocycles. The van der Waals surface area contributed by atoms with Gasteiger partial charge in [0, 0.05) is 25.2 Å². The molecule has 0 atom stereocenters. The lowest BCUT2D eigenvalue weighted by atomic mass is 10.3. The van der Waals surface area contributed by atoms with Crippen molar-refractivity contribution in [2.24, 2.45) is 5.10 Å². The van der Waals surface area contributed by atoms with Crippen LogP contribution in [-0.2, 0) is 0 Å². The first-order valence-corrected chi connectivity index (χ1v) is 3.12. The van der Waals surface area contributed by atoms with Gasteiger partial charge in [-0.1, -0.05) is 0 Å². The molecule has 1 heterocycles. The van der Waals surface area contributed by atoms with E-state index in [1.807, 2.05) is 0 Å². The Bertz CT molecular complexity index is 107. The summed E-state index contributed by atoms with van der Waals surface area (Å²) in [6.45, 7) is 6.39. The molecule has 0 aliphatic carbocycles. The summed E-state index contributed by atoms with van der Waals surface area (Å²) in [5, 5.41) is 6.35. The maximum Gasteiger partial charge on any atom is 0.0412 e. The molecule has 0 amide bonds.